The molecule has 0 spiro atoms. The zero-order valence-electron chi connectivity index (χ0n) is 19.4. The van der Waals surface area contributed by atoms with Crippen molar-refractivity contribution in [2.75, 3.05) is 52.5 Å². The molecule has 7 heteroatoms. The Morgan fingerprint density at radius 3 is 2.61 bits per heavy atom. The second-order valence-electron chi connectivity index (χ2n) is 8.51. The summed E-state index contributed by atoms with van der Waals surface area (Å²) in [7, 11) is 0. The lowest BCUT2D eigenvalue weighted by Crippen LogP contribution is -2.41. The number of guanidine groups is 1. The number of ether oxygens (including phenoxy) is 1. The van der Waals surface area contributed by atoms with E-state index in [0.29, 0.717) is 6.54 Å². The van der Waals surface area contributed by atoms with Crippen molar-refractivity contribution >= 4 is 29.9 Å². The second kappa shape index (κ2) is 15.0. The molecule has 1 unspecified atom stereocenters. The maximum Gasteiger partial charge on any atom is 0.191 e. The molecule has 0 aromatic heterocycles. The number of morpholine rings is 1. The average molecular weight is 544 g/mol. The summed E-state index contributed by atoms with van der Waals surface area (Å²) in [6, 6.07) is 9.44. The van der Waals surface area contributed by atoms with Crippen LogP contribution in [0.1, 0.15) is 50.7 Å². The molecule has 0 saturated carbocycles. The molecule has 0 bridgehead atoms. The van der Waals surface area contributed by atoms with Crippen LogP contribution < -0.4 is 10.6 Å². The highest BCUT2D eigenvalue weighted by Gasteiger charge is 2.17. The number of piperidine rings is 1. The molecule has 1 aromatic rings. The van der Waals surface area contributed by atoms with E-state index < -0.39 is 0 Å². The number of benzene rings is 1. The Kier molecular flexibility index (Phi) is 12.8. The van der Waals surface area contributed by atoms with Gasteiger partial charge in [0.15, 0.2) is 5.96 Å². The van der Waals surface area contributed by atoms with Gasteiger partial charge in [-0.05, 0) is 50.8 Å². The normalized spacial score (nSPS) is 20.8. The minimum absolute atomic E-state index is 0. The highest BCUT2D eigenvalue weighted by Crippen LogP contribution is 2.16. The predicted octanol–water partition coefficient (Wildman–Crippen LogP) is 3.46. The molecule has 1 atom stereocenters. The maximum atomic E-state index is 5.48. The van der Waals surface area contributed by atoms with Gasteiger partial charge in [-0.1, -0.05) is 30.7 Å². The van der Waals surface area contributed by atoms with Crippen LogP contribution in [0.25, 0.3) is 0 Å². The minimum atomic E-state index is 0. The molecule has 1 aromatic carbocycles. The molecule has 3 rings (SSSR count). The van der Waals surface area contributed by atoms with Gasteiger partial charge in [-0.15, -0.1) is 24.0 Å². The number of hydrogen-bond acceptors (Lipinski definition) is 4. The fourth-order valence-electron chi connectivity index (χ4n) is 4.35. The smallest absolute Gasteiger partial charge is 0.191 e. The zero-order valence-corrected chi connectivity index (χ0v) is 21.8. The van der Waals surface area contributed by atoms with Gasteiger partial charge in [0.05, 0.1) is 19.8 Å². The molecule has 2 heterocycles. The van der Waals surface area contributed by atoms with E-state index in [1.807, 2.05) is 0 Å². The van der Waals surface area contributed by atoms with E-state index in [1.165, 1.54) is 43.5 Å². The molecular formula is C24H42IN5O. The van der Waals surface area contributed by atoms with Crippen LogP contribution in [-0.2, 0) is 17.8 Å². The van der Waals surface area contributed by atoms with Gasteiger partial charge in [0.2, 0.25) is 0 Å². The van der Waals surface area contributed by atoms with Crippen molar-refractivity contribution < 1.29 is 4.74 Å². The van der Waals surface area contributed by atoms with Gasteiger partial charge in [0.25, 0.3) is 0 Å². The first-order valence-corrected chi connectivity index (χ1v) is 11.9. The lowest BCUT2D eigenvalue weighted by molar-refractivity contribution is 0.0341. The van der Waals surface area contributed by atoms with E-state index in [2.05, 4.69) is 58.5 Å². The molecule has 31 heavy (non-hydrogen) atoms. The maximum absolute atomic E-state index is 5.48. The quantitative estimate of drug-likeness (QED) is 0.216. The third-order valence-corrected chi connectivity index (χ3v) is 6.22. The molecule has 2 aliphatic rings. The molecule has 0 amide bonds. The van der Waals surface area contributed by atoms with Crippen molar-refractivity contribution in [3.8, 4) is 0 Å². The Labute approximate surface area is 206 Å². The van der Waals surface area contributed by atoms with Crippen LogP contribution in [-0.4, -0.2) is 74.3 Å². The van der Waals surface area contributed by atoms with E-state index >= 15 is 0 Å². The van der Waals surface area contributed by atoms with Gasteiger partial charge in [-0.25, -0.2) is 4.99 Å². The van der Waals surface area contributed by atoms with E-state index in [0.717, 1.165) is 64.4 Å². The number of likely N-dealkylation sites (tertiary alicyclic amines) is 1. The van der Waals surface area contributed by atoms with Crippen molar-refractivity contribution in [1.29, 1.82) is 0 Å². The first kappa shape index (κ1) is 26.4. The zero-order chi connectivity index (χ0) is 21.0. The van der Waals surface area contributed by atoms with E-state index in [-0.39, 0.29) is 24.0 Å². The highest BCUT2D eigenvalue weighted by atomic mass is 127. The minimum Gasteiger partial charge on any atom is -0.379 e. The lowest BCUT2D eigenvalue weighted by atomic mass is 10.0. The number of aliphatic imine (C=N–C) groups is 1. The highest BCUT2D eigenvalue weighted by molar-refractivity contribution is 14.0. The monoisotopic (exact) mass is 543 g/mol. The number of hydrogen-bond donors (Lipinski definition) is 2. The summed E-state index contributed by atoms with van der Waals surface area (Å²) >= 11 is 0. The van der Waals surface area contributed by atoms with Gasteiger partial charge >= 0.3 is 0 Å². The fraction of sp³-hybridized carbons (Fsp3) is 0.708. The van der Waals surface area contributed by atoms with Gasteiger partial charge in [-0.3, -0.25) is 4.90 Å². The fourth-order valence-corrected chi connectivity index (χ4v) is 4.35. The van der Waals surface area contributed by atoms with Crippen LogP contribution in [0.4, 0.5) is 0 Å². The number of nitrogens with one attached hydrogen (secondary N) is 2. The molecule has 6 nitrogen and oxygen atoms in total. The largest absolute Gasteiger partial charge is 0.379 e. The van der Waals surface area contributed by atoms with Gasteiger partial charge in [-0.2, -0.15) is 0 Å². The van der Waals surface area contributed by atoms with Crippen LogP contribution >= 0.6 is 24.0 Å². The Bertz CT molecular complexity index is 651. The van der Waals surface area contributed by atoms with Crippen LogP contribution in [0.3, 0.4) is 0 Å². The molecule has 176 valence electrons. The SMILES string of the molecule is CCNC(=NCc1ccccc1CN1CCOCC1)NCCCN1CCCCC1C.I. The van der Waals surface area contributed by atoms with Gasteiger partial charge < -0.3 is 20.3 Å². The lowest BCUT2D eigenvalue weighted by Gasteiger charge is -2.33. The summed E-state index contributed by atoms with van der Waals surface area (Å²) in [5.74, 6) is 0.922. The van der Waals surface area contributed by atoms with Gasteiger partial charge in [0.1, 0.15) is 0 Å². The molecule has 2 saturated heterocycles. The molecule has 2 fully saturated rings. The topological polar surface area (TPSA) is 52.1 Å². The summed E-state index contributed by atoms with van der Waals surface area (Å²) in [6.07, 6.45) is 5.25. The number of nitrogens with zero attached hydrogens (tertiary/aromatic N) is 3. The Morgan fingerprint density at radius 2 is 1.87 bits per heavy atom. The summed E-state index contributed by atoms with van der Waals surface area (Å²) in [6.45, 7) is 14.2. The third kappa shape index (κ3) is 9.24. The molecule has 2 aliphatic heterocycles. The van der Waals surface area contributed by atoms with Crippen LogP contribution in [0.2, 0.25) is 0 Å². The van der Waals surface area contributed by atoms with Crippen molar-refractivity contribution in [3.63, 3.8) is 0 Å². The number of halogens is 1. The predicted molar refractivity (Wildman–Crippen MR) is 140 cm³/mol. The van der Waals surface area contributed by atoms with Crippen LogP contribution in [0.15, 0.2) is 29.3 Å². The molecule has 2 N–H and O–H groups in total. The van der Waals surface area contributed by atoms with Gasteiger partial charge in [0, 0.05) is 45.3 Å². The van der Waals surface area contributed by atoms with E-state index in [4.69, 9.17) is 9.73 Å². The Balaban J connectivity index is 0.00000341. The van der Waals surface area contributed by atoms with Crippen molar-refractivity contribution in [3.05, 3.63) is 35.4 Å². The Morgan fingerprint density at radius 1 is 1.10 bits per heavy atom. The summed E-state index contributed by atoms with van der Waals surface area (Å²) < 4.78 is 5.48. The van der Waals surface area contributed by atoms with Crippen molar-refractivity contribution in [2.45, 2.75) is 58.7 Å². The van der Waals surface area contributed by atoms with Crippen molar-refractivity contribution in [1.82, 2.24) is 20.4 Å². The molecule has 0 aliphatic carbocycles. The third-order valence-electron chi connectivity index (χ3n) is 6.22. The summed E-state index contributed by atoms with van der Waals surface area (Å²) in [4.78, 5) is 9.98. The first-order chi connectivity index (χ1) is 14.8. The van der Waals surface area contributed by atoms with E-state index in [9.17, 15) is 0 Å². The van der Waals surface area contributed by atoms with Crippen LogP contribution in [0, 0.1) is 0 Å². The second-order valence-corrected chi connectivity index (χ2v) is 8.51. The van der Waals surface area contributed by atoms with Crippen LogP contribution in [0.5, 0.6) is 0 Å². The van der Waals surface area contributed by atoms with E-state index in [1.54, 1.807) is 0 Å². The average Bonchev–Trinajstić information content (AvgIpc) is 2.77. The molecular weight excluding hydrogens is 501 g/mol. The first-order valence-electron chi connectivity index (χ1n) is 11.9. The summed E-state index contributed by atoms with van der Waals surface area (Å²) in [5.41, 5.74) is 2.68. The number of rotatable bonds is 9. The Hall–Kier alpha value is -0.900. The standard InChI is InChI=1S/C24H41N5O.HI/c1-3-25-24(26-12-8-14-29-13-7-6-9-21(29)2)27-19-22-10-4-5-11-23(22)20-28-15-17-30-18-16-28;/h4-5,10-11,21H,3,6-9,12-20H2,1-2H3,(H2,25,26,27);1H. The van der Waals surface area contributed by atoms with Crippen molar-refractivity contribution in [2.24, 2.45) is 4.99 Å². The molecule has 0 radical (unpaired) electrons. The summed E-state index contributed by atoms with van der Waals surface area (Å²) in [5, 5.41) is 6.93.